The molecule has 0 spiro atoms. The van der Waals surface area contributed by atoms with Crippen molar-refractivity contribution in [3.05, 3.63) is 41.5 Å². The fraction of sp³-hybridized carbons (Fsp3) is 0.467. The van der Waals surface area contributed by atoms with Crippen molar-refractivity contribution in [1.29, 1.82) is 0 Å². The van der Waals surface area contributed by atoms with Crippen LogP contribution >= 0.6 is 0 Å². The van der Waals surface area contributed by atoms with Crippen LogP contribution < -0.4 is 4.74 Å². The second-order valence-electron chi connectivity index (χ2n) is 4.93. The minimum atomic E-state index is -0.270. The minimum Gasteiger partial charge on any atom is -0.486 e. The summed E-state index contributed by atoms with van der Waals surface area (Å²) in [6.07, 6.45) is 9.63. The van der Waals surface area contributed by atoms with Crippen LogP contribution in [0.5, 0.6) is 5.75 Å². The van der Waals surface area contributed by atoms with Gasteiger partial charge in [0.05, 0.1) is 6.10 Å². The highest BCUT2D eigenvalue weighted by atomic mass is 16.5. The number of rotatable bonds is 2. The summed E-state index contributed by atoms with van der Waals surface area (Å²) in [5.41, 5.74) is 2.33. The highest BCUT2D eigenvalue weighted by Gasteiger charge is 2.20. The molecule has 0 saturated carbocycles. The van der Waals surface area contributed by atoms with Gasteiger partial charge < -0.3 is 9.84 Å². The second-order valence-corrected chi connectivity index (χ2v) is 4.93. The van der Waals surface area contributed by atoms with Gasteiger partial charge in [-0.1, -0.05) is 12.1 Å². The maximum Gasteiger partial charge on any atom is 0.120 e. The van der Waals surface area contributed by atoms with Gasteiger partial charge in [0, 0.05) is 0 Å². The van der Waals surface area contributed by atoms with E-state index >= 15 is 0 Å². The maximum atomic E-state index is 9.74. The molecule has 2 aliphatic carbocycles. The number of aliphatic hydroxyl groups is 1. The van der Waals surface area contributed by atoms with Gasteiger partial charge in [0.25, 0.3) is 0 Å². The van der Waals surface area contributed by atoms with Crippen LogP contribution in [-0.2, 0) is 6.42 Å². The molecule has 2 nitrogen and oxygen atoms in total. The van der Waals surface area contributed by atoms with E-state index in [2.05, 4.69) is 18.2 Å². The third-order valence-electron chi connectivity index (χ3n) is 3.66. The average Bonchev–Trinajstić information content (AvgIpc) is 2.72. The lowest BCUT2D eigenvalue weighted by Gasteiger charge is -2.19. The first-order valence-corrected chi connectivity index (χ1v) is 6.47. The van der Waals surface area contributed by atoms with E-state index in [-0.39, 0.29) is 12.2 Å². The number of allylic oxidation sites excluding steroid dienone is 1. The van der Waals surface area contributed by atoms with Crippen molar-refractivity contribution in [2.45, 2.75) is 44.3 Å². The maximum absolute atomic E-state index is 9.74. The van der Waals surface area contributed by atoms with Crippen molar-refractivity contribution in [2.75, 3.05) is 0 Å². The molecule has 0 aliphatic heterocycles. The van der Waals surface area contributed by atoms with Crippen LogP contribution in [0.4, 0.5) is 0 Å². The first-order valence-electron chi connectivity index (χ1n) is 6.47. The third kappa shape index (κ3) is 2.22. The normalized spacial score (nSPS) is 26.9. The van der Waals surface area contributed by atoms with Crippen LogP contribution in [0.3, 0.4) is 0 Å². The Bertz CT molecular complexity index is 437. The van der Waals surface area contributed by atoms with Crippen LogP contribution in [0.15, 0.2) is 30.4 Å². The summed E-state index contributed by atoms with van der Waals surface area (Å²) in [6.45, 7) is 0. The van der Waals surface area contributed by atoms with Gasteiger partial charge in [-0.15, -0.1) is 0 Å². The highest BCUT2D eigenvalue weighted by molar-refractivity contribution is 5.40. The summed E-state index contributed by atoms with van der Waals surface area (Å²) < 4.78 is 5.95. The Balaban J connectivity index is 1.76. The highest BCUT2D eigenvalue weighted by Crippen LogP contribution is 2.33. The number of hydrogen-bond donors (Lipinski definition) is 1. The van der Waals surface area contributed by atoms with E-state index in [0.717, 1.165) is 30.6 Å². The van der Waals surface area contributed by atoms with Crippen LogP contribution in [0, 0.1) is 0 Å². The zero-order chi connectivity index (χ0) is 11.7. The van der Waals surface area contributed by atoms with E-state index in [1.54, 1.807) is 0 Å². The summed E-state index contributed by atoms with van der Waals surface area (Å²) in [6, 6.07) is 6.08. The quantitative estimate of drug-likeness (QED) is 0.791. The van der Waals surface area contributed by atoms with Gasteiger partial charge in [-0.3, -0.25) is 0 Å². The first-order chi connectivity index (χ1) is 8.33. The van der Waals surface area contributed by atoms with Gasteiger partial charge in [0.2, 0.25) is 0 Å². The summed E-state index contributed by atoms with van der Waals surface area (Å²) in [5, 5.41) is 9.74. The monoisotopic (exact) mass is 230 g/mol. The van der Waals surface area contributed by atoms with Gasteiger partial charge >= 0.3 is 0 Å². The van der Waals surface area contributed by atoms with Crippen molar-refractivity contribution in [3.63, 3.8) is 0 Å². The Hall–Kier alpha value is -1.28. The lowest BCUT2D eigenvalue weighted by Crippen LogP contribution is -2.15. The molecule has 3 rings (SSSR count). The molecule has 1 aromatic rings. The van der Waals surface area contributed by atoms with Crippen LogP contribution in [0.2, 0.25) is 0 Å². The number of aryl methyl sites for hydroxylation is 1. The van der Waals surface area contributed by atoms with E-state index in [0.29, 0.717) is 0 Å². The minimum absolute atomic E-state index is 0.230. The first kappa shape index (κ1) is 10.8. The summed E-state index contributed by atoms with van der Waals surface area (Å²) >= 11 is 0. The van der Waals surface area contributed by atoms with Crippen molar-refractivity contribution >= 4 is 0 Å². The molecule has 0 radical (unpaired) electrons. The molecule has 2 aliphatic rings. The lowest BCUT2D eigenvalue weighted by molar-refractivity contribution is 0.180. The predicted molar refractivity (Wildman–Crippen MR) is 67.1 cm³/mol. The molecule has 90 valence electrons. The van der Waals surface area contributed by atoms with E-state index in [4.69, 9.17) is 4.74 Å². The zero-order valence-corrected chi connectivity index (χ0v) is 9.93. The molecular weight excluding hydrogens is 212 g/mol. The number of hydrogen-bond acceptors (Lipinski definition) is 2. The Labute approximate surface area is 102 Å². The van der Waals surface area contributed by atoms with Crippen molar-refractivity contribution < 1.29 is 9.84 Å². The Morgan fingerprint density at radius 3 is 3.00 bits per heavy atom. The van der Waals surface area contributed by atoms with E-state index in [1.807, 2.05) is 12.1 Å². The lowest BCUT2D eigenvalue weighted by atomic mass is 10.1. The molecule has 0 aromatic heterocycles. The zero-order valence-electron chi connectivity index (χ0n) is 9.93. The molecule has 0 bridgehead atoms. The molecule has 0 saturated heterocycles. The summed E-state index contributed by atoms with van der Waals surface area (Å²) in [5.74, 6) is 0.939. The van der Waals surface area contributed by atoms with Crippen LogP contribution in [0.1, 0.15) is 42.9 Å². The molecule has 1 aromatic carbocycles. The number of ether oxygens (including phenoxy) is 1. The van der Waals surface area contributed by atoms with Gasteiger partial charge in [-0.2, -0.15) is 0 Å². The van der Waals surface area contributed by atoms with E-state index in [9.17, 15) is 5.11 Å². The second kappa shape index (κ2) is 4.53. The number of benzene rings is 1. The molecule has 0 fully saturated rings. The topological polar surface area (TPSA) is 29.5 Å². The molecule has 1 unspecified atom stereocenters. The van der Waals surface area contributed by atoms with Crippen molar-refractivity contribution in [1.82, 2.24) is 0 Å². The summed E-state index contributed by atoms with van der Waals surface area (Å²) in [7, 11) is 0. The fourth-order valence-electron chi connectivity index (χ4n) is 2.70. The molecule has 2 atom stereocenters. The van der Waals surface area contributed by atoms with Crippen molar-refractivity contribution in [2.24, 2.45) is 0 Å². The predicted octanol–water partition coefficient (Wildman–Crippen LogP) is 3.15. The smallest absolute Gasteiger partial charge is 0.120 e. The van der Waals surface area contributed by atoms with Crippen LogP contribution in [0.25, 0.3) is 0 Å². The largest absolute Gasteiger partial charge is 0.486 e. The molecule has 0 amide bonds. The number of aliphatic hydroxyl groups excluding tert-OH is 1. The third-order valence-corrected chi connectivity index (χ3v) is 3.66. The van der Waals surface area contributed by atoms with E-state index < -0.39 is 0 Å². The van der Waals surface area contributed by atoms with Gasteiger partial charge in [-0.05, 0) is 61.4 Å². The SMILES string of the molecule is O[C@@H]1CCc2cc(OC3C=CCCC3)ccc21. The Morgan fingerprint density at radius 2 is 2.18 bits per heavy atom. The molecule has 17 heavy (non-hydrogen) atoms. The Morgan fingerprint density at radius 1 is 1.24 bits per heavy atom. The van der Waals surface area contributed by atoms with E-state index in [1.165, 1.54) is 18.4 Å². The standard InChI is InChI=1S/C15H18O2/c16-15-9-6-11-10-13(7-8-14(11)15)17-12-4-2-1-3-5-12/h2,4,7-8,10,12,15-16H,1,3,5-6,9H2/t12?,15-/m1/s1. The fourth-order valence-corrected chi connectivity index (χ4v) is 2.70. The van der Waals surface area contributed by atoms with Gasteiger partial charge in [0.15, 0.2) is 0 Å². The van der Waals surface area contributed by atoms with Gasteiger partial charge in [0.1, 0.15) is 11.9 Å². The van der Waals surface area contributed by atoms with Crippen molar-refractivity contribution in [3.8, 4) is 5.75 Å². The van der Waals surface area contributed by atoms with Crippen LogP contribution in [-0.4, -0.2) is 11.2 Å². The average molecular weight is 230 g/mol. The molecule has 0 heterocycles. The van der Waals surface area contributed by atoms with Gasteiger partial charge in [-0.25, -0.2) is 0 Å². The summed E-state index contributed by atoms with van der Waals surface area (Å²) in [4.78, 5) is 0. The molecule has 1 N–H and O–H groups in total. The Kier molecular flexibility index (Phi) is 2.89. The number of fused-ring (bicyclic) bond motifs is 1. The molecule has 2 heteroatoms. The molecular formula is C15H18O2.